The monoisotopic (exact) mass is 344 g/mol. The van der Waals surface area contributed by atoms with Gasteiger partial charge in [0.2, 0.25) is 0 Å². The maximum atomic E-state index is 5.90. The van der Waals surface area contributed by atoms with E-state index in [1.54, 1.807) is 11.1 Å². The predicted octanol–water partition coefficient (Wildman–Crippen LogP) is 5.47. The van der Waals surface area contributed by atoms with Gasteiger partial charge in [-0.3, -0.25) is 0 Å². The van der Waals surface area contributed by atoms with Gasteiger partial charge < -0.3 is 4.74 Å². The Morgan fingerprint density at radius 1 is 1.12 bits per heavy atom. The highest BCUT2D eigenvalue weighted by Gasteiger charge is 2.57. The quantitative estimate of drug-likeness (QED) is 0.647. The van der Waals surface area contributed by atoms with Crippen LogP contribution in [0.4, 0.5) is 0 Å². The number of rotatable bonds is 2. The van der Waals surface area contributed by atoms with E-state index in [9.17, 15) is 0 Å². The SMILES string of the molecule is CCOc1cc2c(cc1P)CCC1C2CCC2(C)C1CCC2(C)C. The molecule has 5 unspecified atom stereocenters. The summed E-state index contributed by atoms with van der Waals surface area (Å²) >= 11 is 0. The van der Waals surface area contributed by atoms with Crippen molar-refractivity contribution in [1.29, 1.82) is 0 Å². The molecule has 3 aliphatic rings. The normalized spacial score (nSPS) is 36.6. The fraction of sp³-hybridized carbons (Fsp3) is 0.727. The molecule has 0 radical (unpaired) electrons. The molecule has 3 aliphatic carbocycles. The van der Waals surface area contributed by atoms with Gasteiger partial charge in [0.15, 0.2) is 0 Å². The van der Waals surface area contributed by atoms with Crippen LogP contribution in [0.5, 0.6) is 5.75 Å². The Morgan fingerprint density at radius 3 is 2.67 bits per heavy atom. The molecule has 132 valence electrons. The second kappa shape index (κ2) is 5.73. The van der Waals surface area contributed by atoms with Crippen molar-refractivity contribution in [2.45, 2.75) is 72.1 Å². The highest BCUT2D eigenvalue weighted by atomic mass is 31.0. The number of hydrogen-bond acceptors (Lipinski definition) is 1. The topological polar surface area (TPSA) is 9.23 Å². The van der Waals surface area contributed by atoms with Crippen LogP contribution in [0.1, 0.15) is 76.8 Å². The average Bonchev–Trinajstić information content (AvgIpc) is 2.78. The maximum Gasteiger partial charge on any atom is 0.126 e. The van der Waals surface area contributed by atoms with E-state index >= 15 is 0 Å². The van der Waals surface area contributed by atoms with Crippen molar-refractivity contribution in [3.05, 3.63) is 23.3 Å². The van der Waals surface area contributed by atoms with Gasteiger partial charge in [0.25, 0.3) is 0 Å². The van der Waals surface area contributed by atoms with Gasteiger partial charge in [-0.2, -0.15) is 0 Å². The zero-order valence-electron chi connectivity index (χ0n) is 15.8. The van der Waals surface area contributed by atoms with Gasteiger partial charge in [-0.25, -0.2) is 0 Å². The largest absolute Gasteiger partial charge is 0.493 e. The Kier molecular flexibility index (Phi) is 4.03. The summed E-state index contributed by atoms with van der Waals surface area (Å²) in [5.41, 5.74) is 4.27. The lowest BCUT2D eigenvalue weighted by molar-refractivity contribution is -0.00856. The van der Waals surface area contributed by atoms with Crippen LogP contribution < -0.4 is 10.0 Å². The number of hydrogen-bond donors (Lipinski definition) is 0. The lowest BCUT2D eigenvalue weighted by Gasteiger charge is -2.53. The summed E-state index contributed by atoms with van der Waals surface area (Å²) in [6, 6.07) is 4.77. The molecule has 5 atom stereocenters. The molecule has 1 aromatic rings. The predicted molar refractivity (Wildman–Crippen MR) is 105 cm³/mol. The summed E-state index contributed by atoms with van der Waals surface area (Å²) in [6.07, 6.45) is 8.29. The molecule has 0 spiro atoms. The highest BCUT2D eigenvalue weighted by Crippen LogP contribution is 2.67. The molecule has 0 bridgehead atoms. The third kappa shape index (κ3) is 2.30. The Bertz CT molecular complexity index is 650. The van der Waals surface area contributed by atoms with Crippen molar-refractivity contribution in [1.82, 2.24) is 0 Å². The highest BCUT2D eigenvalue weighted by molar-refractivity contribution is 7.27. The van der Waals surface area contributed by atoms with Crippen LogP contribution in [0.25, 0.3) is 0 Å². The molecule has 1 aromatic carbocycles. The fourth-order valence-electron chi connectivity index (χ4n) is 6.39. The Labute approximate surface area is 150 Å². The van der Waals surface area contributed by atoms with Crippen LogP contribution >= 0.6 is 9.24 Å². The molecule has 2 heteroatoms. The molecular formula is C22H33OP. The third-order valence-electron chi connectivity index (χ3n) is 8.17. The molecule has 0 amide bonds. The molecule has 0 aliphatic heterocycles. The molecule has 2 fully saturated rings. The summed E-state index contributed by atoms with van der Waals surface area (Å²) in [4.78, 5) is 0. The van der Waals surface area contributed by atoms with E-state index in [0.29, 0.717) is 10.8 Å². The van der Waals surface area contributed by atoms with E-state index in [4.69, 9.17) is 4.74 Å². The summed E-state index contributed by atoms with van der Waals surface area (Å²) in [5.74, 6) is 3.67. The number of benzene rings is 1. The van der Waals surface area contributed by atoms with Gasteiger partial charge in [0.1, 0.15) is 5.75 Å². The standard InChI is InChI=1S/C22H33OP/c1-5-23-19-13-17-14(12-20(19)24)6-7-16-15(17)8-11-22(4)18(16)9-10-21(22,2)3/h12-13,15-16,18H,5-11,24H2,1-4H3. The third-order valence-corrected chi connectivity index (χ3v) is 8.62. The minimum absolute atomic E-state index is 0.517. The molecule has 24 heavy (non-hydrogen) atoms. The Balaban J connectivity index is 1.71. The molecule has 1 nitrogen and oxygen atoms in total. The summed E-state index contributed by atoms with van der Waals surface area (Å²) in [5, 5.41) is 1.23. The number of aryl methyl sites for hydroxylation is 1. The van der Waals surface area contributed by atoms with Crippen molar-refractivity contribution >= 4 is 14.5 Å². The van der Waals surface area contributed by atoms with Gasteiger partial charge in [0, 0.05) is 5.30 Å². The molecule has 0 aromatic heterocycles. The first kappa shape index (κ1) is 16.9. The minimum atomic E-state index is 0.517. The first-order valence-electron chi connectivity index (χ1n) is 9.92. The van der Waals surface area contributed by atoms with Gasteiger partial charge in [-0.15, -0.1) is 9.24 Å². The van der Waals surface area contributed by atoms with Crippen molar-refractivity contribution in [2.24, 2.45) is 22.7 Å². The van der Waals surface area contributed by atoms with E-state index in [2.05, 4.69) is 49.1 Å². The molecule has 0 heterocycles. The van der Waals surface area contributed by atoms with E-state index < -0.39 is 0 Å². The van der Waals surface area contributed by atoms with Crippen LogP contribution in [0.3, 0.4) is 0 Å². The van der Waals surface area contributed by atoms with E-state index in [-0.39, 0.29) is 0 Å². The van der Waals surface area contributed by atoms with Gasteiger partial charge in [-0.05, 0) is 97.3 Å². The first-order chi connectivity index (χ1) is 11.4. The van der Waals surface area contributed by atoms with Crippen molar-refractivity contribution in [3.8, 4) is 5.75 Å². The molecule has 2 saturated carbocycles. The number of fused-ring (bicyclic) bond motifs is 5. The van der Waals surface area contributed by atoms with Gasteiger partial charge in [-0.1, -0.05) is 20.8 Å². The van der Waals surface area contributed by atoms with Gasteiger partial charge >= 0.3 is 0 Å². The van der Waals surface area contributed by atoms with E-state index in [0.717, 1.165) is 30.1 Å². The lowest BCUT2D eigenvalue weighted by Crippen LogP contribution is -2.45. The van der Waals surface area contributed by atoms with Crippen molar-refractivity contribution in [2.75, 3.05) is 6.61 Å². The summed E-state index contributed by atoms with van der Waals surface area (Å²) in [6.45, 7) is 10.5. The van der Waals surface area contributed by atoms with Crippen LogP contribution in [0.2, 0.25) is 0 Å². The van der Waals surface area contributed by atoms with Crippen LogP contribution in [0, 0.1) is 22.7 Å². The van der Waals surface area contributed by atoms with Crippen molar-refractivity contribution < 1.29 is 4.74 Å². The second-order valence-corrected chi connectivity index (χ2v) is 9.94. The lowest BCUT2D eigenvalue weighted by atomic mass is 9.51. The zero-order valence-corrected chi connectivity index (χ0v) is 17.0. The molecule has 0 N–H and O–H groups in total. The Hall–Kier alpha value is -0.550. The van der Waals surface area contributed by atoms with E-state index in [1.165, 1.54) is 43.8 Å². The molecular weight excluding hydrogens is 311 g/mol. The fourth-order valence-corrected chi connectivity index (χ4v) is 6.76. The average molecular weight is 344 g/mol. The van der Waals surface area contributed by atoms with Crippen LogP contribution in [0.15, 0.2) is 12.1 Å². The first-order valence-corrected chi connectivity index (χ1v) is 10.5. The summed E-state index contributed by atoms with van der Waals surface area (Å²) in [7, 11) is 2.87. The Morgan fingerprint density at radius 2 is 1.92 bits per heavy atom. The molecule has 0 saturated heterocycles. The van der Waals surface area contributed by atoms with Crippen molar-refractivity contribution in [3.63, 3.8) is 0 Å². The van der Waals surface area contributed by atoms with E-state index in [1.807, 2.05) is 0 Å². The summed E-state index contributed by atoms with van der Waals surface area (Å²) < 4.78 is 5.90. The number of ether oxygens (including phenoxy) is 1. The zero-order chi connectivity index (χ0) is 17.1. The van der Waals surface area contributed by atoms with Gasteiger partial charge in [0.05, 0.1) is 6.61 Å². The smallest absolute Gasteiger partial charge is 0.126 e. The van der Waals surface area contributed by atoms with Crippen LogP contribution in [-0.2, 0) is 6.42 Å². The second-order valence-electron chi connectivity index (χ2n) is 9.32. The minimum Gasteiger partial charge on any atom is -0.493 e. The maximum absolute atomic E-state index is 5.90. The van der Waals surface area contributed by atoms with Crippen LogP contribution in [-0.4, -0.2) is 6.61 Å². The molecule has 4 rings (SSSR count).